The Bertz CT molecular complexity index is 1300. The van der Waals surface area contributed by atoms with Crippen LogP contribution in [0.15, 0.2) is 62.6 Å². The van der Waals surface area contributed by atoms with Crippen molar-refractivity contribution in [1.82, 2.24) is 8.87 Å². The number of para-hydroxylation sites is 1. The number of hydrogen-bond donors (Lipinski definition) is 0. The van der Waals surface area contributed by atoms with Crippen molar-refractivity contribution >= 4 is 32.7 Å². The zero-order valence-electron chi connectivity index (χ0n) is 19.1. The maximum absolute atomic E-state index is 13.2. The van der Waals surface area contributed by atoms with Crippen LogP contribution >= 0.6 is 0 Å². The van der Waals surface area contributed by atoms with E-state index in [9.17, 15) is 18.0 Å². The van der Waals surface area contributed by atoms with Gasteiger partial charge in [-0.1, -0.05) is 32.0 Å². The fraction of sp³-hybridized carbons (Fsp3) is 0.417. The van der Waals surface area contributed by atoms with Crippen molar-refractivity contribution in [3.8, 4) is 0 Å². The van der Waals surface area contributed by atoms with Crippen molar-refractivity contribution < 1.29 is 17.6 Å². The van der Waals surface area contributed by atoms with Crippen molar-refractivity contribution in [1.29, 1.82) is 0 Å². The largest absolute Gasteiger partial charge is 0.420 e. The SMILES string of the molecule is CCN(C(=O)Cn1c(=O)oc2cc(S(=O)(=O)N3CC(C)CC(C)C3)ccc21)c1ccccc1. The standard InChI is InChI=1S/C24H29N3O5S/c1-4-26(19-8-6-5-7-9-19)23(28)16-27-21-11-10-20(13-22(21)32-24(27)29)33(30,31)25-14-17(2)12-18(3)15-25/h5-11,13,17-18H,4,12,14-16H2,1-3H3. The molecule has 0 radical (unpaired) electrons. The van der Waals surface area contributed by atoms with Gasteiger partial charge < -0.3 is 9.32 Å². The van der Waals surface area contributed by atoms with E-state index in [1.54, 1.807) is 4.90 Å². The normalized spacial score (nSPS) is 19.6. The highest BCUT2D eigenvalue weighted by molar-refractivity contribution is 7.89. The van der Waals surface area contributed by atoms with E-state index in [4.69, 9.17) is 4.42 Å². The summed E-state index contributed by atoms with van der Waals surface area (Å²) in [6.45, 7) is 7.14. The Labute approximate surface area is 193 Å². The third kappa shape index (κ3) is 4.60. The van der Waals surface area contributed by atoms with E-state index in [1.807, 2.05) is 51.1 Å². The Hall–Kier alpha value is -2.91. The van der Waals surface area contributed by atoms with Crippen molar-refractivity contribution in [3.63, 3.8) is 0 Å². The summed E-state index contributed by atoms with van der Waals surface area (Å²) < 4.78 is 34.5. The van der Waals surface area contributed by atoms with Gasteiger partial charge >= 0.3 is 5.76 Å². The predicted octanol–water partition coefficient (Wildman–Crippen LogP) is 3.31. The number of anilines is 1. The fourth-order valence-electron chi connectivity index (χ4n) is 4.64. The van der Waals surface area contributed by atoms with Gasteiger partial charge in [-0.25, -0.2) is 13.2 Å². The van der Waals surface area contributed by atoms with Crippen LogP contribution in [0.4, 0.5) is 5.69 Å². The highest BCUT2D eigenvalue weighted by Crippen LogP contribution is 2.28. The maximum Gasteiger partial charge on any atom is 0.420 e. The molecule has 2 unspecified atom stereocenters. The molecule has 1 amide bonds. The molecule has 33 heavy (non-hydrogen) atoms. The molecular weight excluding hydrogens is 442 g/mol. The molecule has 0 N–H and O–H groups in total. The first kappa shape index (κ1) is 23.3. The van der Waals surface area contributed by atoms with Crippen molar-refractivity contribution in [2.45, 2.75) is 38.6 Å². The molecule has 2 heterocycles. The zero-order valence-corrected chi connectivity index (χ0v) is 19.9. The van der Waals surface area contributed by atoms with Crippen LogP contribution in [0.1, 0.15) is 27.2 Å². The van der Waals surface area contributed by atoms with Crippen LogP contribution in [-0.2, 0) is 21.4 Å². The van der Waals surface area contributed by atoms with E-state index in [-0.39, 0.29) is 34.8 Å². The number of piperidine rings is 1. The molecule has 2 aromatic carbocycles. The Morgan fingerprint density at radius 2 is 1.76 bits per heavy atom. The molecule has 1 aliphatic rings. The molecular formula is C24H29N3O5S. The number of hydrogen-bond acceptors (Lipinski definition) is 5. The lowest BCUT2D eigenvalue weighted by Crippen LogP contribution is -2.42. The number of carbonyl (C=O) groups is 1. The average Bonchev–Trinajstić information content (AvgIpc) is 3.08. The van der Waals surface area contributed by atoms with Gasteiger partial charge in [0.1, 0.15) is 6.54 Å². The second-order valence-electron chi connectivity index (χ2n) is 8.83. The van der Waals surface area contributed by atoms with Crippen LogP contribution in [-0.4, -0.2) is 42.8 Å². The Morgan fingerprint density at radius 1 is 1.09 bits per heavy atom. The smallest absolute Gasteiger partial charge is 0.408 e. The molecule has 4 rings (SSSR count). The Balaban J connectivity index is 1.63. The molecule has 0 aliphatic carbocycles. The first-order valence-electron chi connectivity index (χ1n) is 11.2. The van der Waals surface area contributed by atoms with E-state index in [0.29, 0.717) is 25.2 Å². The molecule has 0 saturated carbocycles. The number of amides is 1. The number of sulfonamides is 1. The molecule has 2 atom stereocenters. The van der Waals surface area contributed by atoms with Crippen LogP contribution in [0.25, 0.3) is 11.1 Å². The topological polar surface area (TPSA) is 92.8 Å². The lowest BCUT2D eigenvalue weighted by atomic mass is 9.94. The number of nitrogens with zero attached hydrogens (tertiary/aromatic N) is 3. The van der Waals surface area contributed by atoms with Gasteiger partial charge in [0.2, 0.25) is 15.9 Å². The van der Waals surface area contributed by atoms with Gasteiger partial charge in [0.25, 0.3) is 0 Å². The molecule has 1 aromatic heterocycles. The fourth-order valence-corrected chi connectivity index (χ4v) is 6.34. The van der Waals surface area contributed by atoms with Crippen molar-refractivity contribution in [3.05, 3.63) is 59.1 Å². The van der Waals surface area contributed by atoms with Crippen molar-refractivity contribution in [2.24, 2.45) is 11.8 Å². The summed E-state index contributed by atoms with van der Waals surface area (Å²) in [6.07, 6.45) is 0.995. The molecule has 1 fully saturated rings. The summed E-state index contributed by atoms with van der Waals surface area (Å²) in [7, 11) is -3.71. The molecule has 9 heteroatoms. The molecule has 176 valence electrons. The van der Waals surface area contributed by atoms with E-state index in [0.717, 1.165) is 12.1 Å². The average molecular weight is 472 g/mol. The van der Waals surface area contributed by atoms with Gasteiger partial charge in [-0.05, 0) is 49.4 Å². The molecule has 0 spiro atoms. The van der Waals surface area contributed by atoms with Gasteiger partial charge in [0.05, 0.1) is 10.4 Å². The second kappa shape index (κ2) is 9.15. The van der Waals surface area contributed by atoms with Crippen LogP contribution in [0.3, 0.4) is 0 Å². The van der Waals surface area contributed by atoms with Crippen molar-refractivity contribution in [2.75, 3.05) is 24.5 Å². The zero-order chi connectivity index (χ0) is 23.8. The highest BCUT2D eigenvalue weighted by atomic mass is 32.2. The monoisotopic (exact) mass is 471 g/mol. The minimum absolute atomic E-state index is 0.0861. The third-order valence-electron chi connectivity index (χ3n) is 6.09. The van der Waals surface area contributed by atoms with Crippen LogP contribution in [0.5, 0.6) is 0 Å². The summed E-state index contributed by atoms with van der Waals surface area (Å²) in [4.78, 5) is 27.2. The number of oxazole rings is 1. The quantitative estimate of drug-likeness (QED) is 0.550. The Kier molecular flexibility index (Phi) is 6.45. The summed E-state index contributed by atoms with van der Waals surface area (Å²) >= 11 is 0. The minimum atomic E-state index is -3.71. The molecule has 8 nitrogen and oxygen atoms in total. The molecule has 0 bridgehead atoms. The molecule has 3 aromatic rings. The van der Waals surface area contributed by atoms with Gasteiger partial charge in [0.15, 0.2) is 5.58 Å². The van der Waals surface area contributed by atoms with Gasteiger partial charge in [0, 0.05) is 31.4 Å². The van der Waals surface area contributed by atoms with Crippen LogP contribution < -0.4 is 10.7 Å². The summed E-state index contributed by atoms with van der Waals surface area (Å²) in [6, 6.07) is 13.6. The lowest BCUT2D eigenvalue weighted by molar-refractivity contribution is -0.119. The second-order valence-corrected chi connectivity index (χ2v) is 10.8. The lowest BCUT2D eigenvalue weighted by Gasteiger charge is -2.34. The number of fused-ring (bicyclic) bond motifs is 1. The number of likely N-dealkylation sites (N-methyl/N-ethyl adjacent to an activating group) is 1. The summed E-state index contributed by atoms with van der Waals surface area (Å²) in [5, 5.41) is 0. The maximum atomic E-state index is 13.2. The first-order chi connectivity index (χ1) is 15.7. The first-order valence-corrected chi connectivity index (χ1v) is 12.6. The van der Waals surface area contributed by atoms with Crippen LogP contribution in [0.2, 0.25) is 0 Å². The van der Waals surface area contributed by atoms with Crippen LogP contribution in [0, 0.1) is 11.8 Å². The van der Waals surface area contributed by atoms with Gasteiger partial charge in [-0.3, -0.25) is 9.36 Å². The Morgan fingerprint density at radius 3 is 2.39 bits per heavy atom. The van der Waals surface area contributed by atoms with Gasteiger partial charge in [-0.15, -0.1) is 0 Å². The van der Waals surface area contributed by atoms with Gasteiger partial charge in [-0.2, -0.15) is 4.31 Å². The van der Waals surface area contributed by atoms with E-state index in [2.05, 4.69) is 0 Å². The van der Waals surface area contributed by atoms with E-state index in [1.165, 1.54) is 27.1 Å². The number of carbonyl (C=O) groups excluding carboxylic acids is 1. The molecule has 1 saturated heterocycles. The van der Waals surface area contributed by atoms with E-state index >= 15 is 0 Å². The number of rotatable bonds is 6. The highest BCUT2D eigenvalue weighted by Gasteiger charge is 2.32. The summed E-state index contributed by atoms with van der Waals surface area (Å²) in [5.74, 6) is -0.398. The molecule has 1 aliphatic heterocycles. The summed E-state index contributed by atoms with van der Waals surface area (Å²) in [5.41, 5.74) is 1.27. The predicted molar refractivity (Wildman–Crippen MR) is 127 cm³/mol. The number of aromatic nitrogens is 1. The minimum Gasteiger partial charge on any atom is -0.408 e. The third-order valence-corrected chi connectivity index (χ3v) is 7.92. The van der Waals surface area contributed by atoms with E-state index < -0.39 is 15.8 Å². The number of benzene rings is 2.